The molecule has 0 unspecified atom stereocenters. The minimum atomic E-state index is -0.397. The van der Waals surface area contributed by atoms with Crippen LogP contribution in [0.2, 0.25) is 0 Å². The summed E-state index contributed by atoms with van der Waals surface area (Å²) >= 11 is 0. The Kier molecular flexibility index (Phi) is 5.50. The Balaban J connectivity index is 1.62. The number of ether oxygens (including phenoxy) is 1. The van der Waals surface area contributed by atoms with Gasteiger partial charge in [0.2, 0.25) is 23.5 Å². The fourth-order valence-corrected chi connectivity index (χ4v) is 3.01. The number of carbonyl (C=O) groups is 2. The normalized spacial score (nSPS) is 17.1. The van der Waals surface area contributed by atoms with Crippen molar-refractivity contribution >= 4 is 11.8 Å². The summed E-state index contributed by atoms with van der Waals surface area (Å²) in [5.41, 5.74) is 0.782. The molecule has 2 amide bonds. The van der Waals surface area contributed by atoms with E-state index in [2.05, 4.69) is 15.5 Å². The average molecular weight is 358 g/mol. The van der Waals surface area contributed by atoms with E-state index in [9.17, 15) is 9.59 Å². The second kappa shape index (κ2) is 7.99. The van der Waals surface area contributed by atoms with E-state index in [4.69, 9.17) is 9.26 Å². The fourth-order valence-electron chi connectivity index (χ4n) is 3.01. The summed E-state index contributed by atoms with van der Waals surface area (Å²) in [6.45, 7) is 2.91. The molecule has 0 radical (unpaired) electrons. The molecule has 26 heavy (non-hydrogen) atoms. The number of carbonyl (C=O) groups excluding carboxylic acids is 2. The van der Waals surface area contributed by atoms with Crippen molar-refractivity contribution in [1.82, 2.24) is 20.4 Å². The predicted molar refractivity (Wildman–Crippen MR) is 93.4 cm³/mol. The molecule has 1 aromatic carbocycles. The summed E-state index contributed by atoms with van der Waals surface area (Å²) in [6.07, 6.45) is 1.16. The summed E-state index contributed by atoms with van der Waals surface area (Å²) in [6, 6.07) is 6.96. The zero-order valence-electron chi connectivity index (χ0n) is 14.9. The number of aryl methyl sites for hydroxylation is 1. The highest BCUT2D eigenvalue weighted by Crippen LogP contribution is 2.21. The molecule has 1 aliphatic rings. The third-order valence-corrected chi connectivity index (χ3v) is 4.39. The highest BCUT2D eigenvalue weighted by atomic mass is 16.5. The van der Waals surface area contributed by atoms with Gasteiger partial charge in [-0.2, -0.15) is 4.98 Å². The number of amides is 2. The van der Waals surface area contributed by atoms with Gasteiger partial charge in [0.05, 0.1) is 7.11 Å². The Labute approximate surface area is 151 Å². The lowest BCUT2D eigenvalue weighted by atomic mass is 10.1. The number of piperazine rings is 1. The van der Waals surface area contributed by atoms with Gasteiger partial charge in [-0.1, -0.05) is 24.2 Å². The summed E-state index contributed by atoms with van der Waals surface area (Å²) in [5, 5.41) is 6.75. The SMILES string of the molecule is CC[C@H]1C(=O)NCCN1C(=O)CCc1nc(-c2cccc(OC)c2)no1. The van der Waals surface area contributed by atoms with Gasteiger partial charge < -0.3 is 19.5 Å². The summed E-state index contributed by atoms with van der Waals surface area (Å²) in [7, 11) is 1.59. The number of benzene rings is 1. The lowest BCUT2D eigenvalue weighted by molar-refractivity contribution is -0.143. The first-order chi connectivity index (χ1) is 12.6. The number of rotatable bonds is 6. The predicted octanol–water partition coefficient (Wildman–Crippen LogP) is 1.41. The van der Waals surface area contributed by atoms with Crippen LogP contribution in [-0.4, -0.2) is 53.1 Å². The van der Waals surface area contributed by atoms with Gasteiger partial charge in [-0.3, -0.25) is 9.59 Å². The summed E-state index contributed by atoms with van der Waals surface area (Å²) < 4.78 is 10.4. The topological polar surface area (TPSA) is 97.6 Å². The molecule has 3 rings (SSSR count). The van der Waals surface area contributed by atoms with E-state index < -0.39 is 6.04 Å². The Morgan fingerprint density at radius 3 is 3.08 bits per heavy atom. The molecule has 1 fully saturated rings. The molecule has 0 aliphatic carbocycles. The zero-order valence-corrected chi connectivity index (χ0v) is 14.9. The minimum absolute atomic E-state index is 0.0761. The van der Waals surface area contributed by atoms with Gasteiger partial charge in [-0.05, 0) is 18.6 Å². The quantitative estimate of drug-likeness (QED) is 0.839. The highest BCUT2D eigenvalue weighted by Gasteiger charge is 2.31. The van der Waals surface area contributed by atoms with Gasteiger partial charge in [0.25, 0.3) is 0 Å². The van der Waals surface area contributed by atoms with Crippen LogP contribution in [0.3, 0.4) is 0 Å². The molecule has 8 heteroatoms. The van der Waals surface area contributed by atoms with Gasteiger partial charge in [0.15, 0.2) is 0 Å². The Morgan fingerprint density at radius 1 is 1.46 bits per heavy atom. The Morgan fingerprint density at radius 2 is 2.31 bits per heavy atom. The molecular weight excluding hydrogens is 336 g/mol. The largest absolute Gasteiger partial charge is 0.497 e. The van der Waals surface area contributed by atoms with Crippen LogP contribution < -0.4 is 10.1 Å². The van der Waals surface area contributed by atoms with Gasteiger partial charge in [0, 0.05) is 31.5 Å². The third kappa shape index (κ3) is 3.84. The number of methoxy groups -OCH3 is 1. The molecule has 1 aromatic heterocycles. The van der Waals surface area contributed by atoms with Crippen molar-refractivity contribution in [3.63, 3.8) is 0 Å². The second-order valence-corrected chi connectivity index (χ2v) is 6.05. The van der Waals surface area contributed by atoms with Crippen molar-refractivity contribution in [3.8, 4) is 17.1 Å². The van der Waals surface area contributed by atoms with Crippen LogP contribution in [-0.2, 0) is 16.0 Å². The molecule has 0 saturated carbocycles. The number of hydrogen-bond acceptors (Lipinski definition) is 6. The van der Waals surface area contributed by atoms with E-state index in [1.165, 1.54) is 0 Å². The molecule has 2 heterocycles. The van der Waals surface area contributed by atoms with Gasteiger partial charge in [-0.25, -0.2) is 0 Å². The van der Waals surface area contributed by atoms with Crippen LogP contribution in [0.1, 0.15) is 25.7 Å². The molecule has 1 atom stereocenters. The van der Waals surface area contributed by atoms with Crippen LogP contribution in [0, 0.1) is 0 Å². The maximum absolute atomic E-state index is 12.5. The molecular formula is C18H22N4O4. The standard InChI is InChI=1S/C18H22N4O4/c1-3-14-18(24)19-9-10-22(14)16(23)8-7-15-20-17(21-26-15)12-5-4-6-13(11-12)25-2/h4-6,11,14H,3,7-10H2,1-2H3,(H,19,24)/t14-/m0/s1. The van der Waals surface area contributed by atoms with Crippen molar-refractivity contribution < 1.29 is 18.8 Å². The molecule has 1 aliphatic heterocycles. The molecule has 1 N–H and O–H groups in total. The van der Waals surface area contributed by atoms with Crippen molar-refractivity contribution in [1.29, 1.82) is 0 Å². The smallest absolute Gasteiger partial charge is 0.242 e. The third-order valence-electron chi connectivity index (χ3n) is 4.39. The summed E-state index contributed by atoms with van der Waals surface area (Å²) in [5.74, 6) is 1.39. The van der Waals surface area contributed by atoms with Crippen molar-refractivity contribution in [2.45, 2.75) is 32.2 Å². The van der Waals surface area contributed by atoms with Crippen molar-refractivity contribution in [2.75, 3.05) is 20.2 Å². The van der Waals surface area contributed by atoms with Crippen LogP contribution in [0.5, 0.6) is 5.75 Å². The lowest BCUT2D eigenvalue weighted by Gasteiger charge is -2.34. The first-order valence-corrected chi connectivity index (χ1v) is 8.66. The first-order valence-electron chi connectivity index (χ1n) is 8.66. The monoisotopic (exact) mass is 358 g/mol. The van der Waals surface area contributed by atoms with E-state index >= 15 is 0 Å². The van der Waals surface area contributed by atoms with E-state index in [1.807, 2.05) is 31.2 Å². The molecule has 138 valence electrons. The van der Waals surface area contributed by atoms with Gasteiger partial charge >= 0.3 is 0 Å². The zero-order chi connectivity index (χ0) is 18.5. The number of hydrogen-bond donors (Lipinski definition) is 1. The van der Waals surface area contributed by atoms with Crippen molar-refractivity contribution in [2.24, 2.45) is 0 Å². The maximum Gasteiger partial charge on any atom is 0.242 e. The second-order valence-electron chi connectivity index (χ2n) is 6.05. The van der Waals surface area contributed by atoms with Crippen molar-refractivity contribution in [3.05, 3.63) is 30.2 Å². The molecule has 0 spiro atoms. The van der Waals surface area contributed by atoms with E-state index in [0.717, 1.165) is 5.56 Å². The van der Waals surface area contributed by atoms with Crippen LogP contribution in [0.15, 0.2) is 28.8 Å². The van der Waals surface area contributed by atoms with Crippen LogP contribution in [0.25, 0.3) is 11.4 Å². The maximum atomic E-state index is 12.5. The number of nitrogens with zero attached hydrogens (tertiary/aromatic N) is 3. The minimum Gasteiger partial charge on any atom is -0.497 e. The lowest BCUT2D eigenvalue weighted by Crippen LogP contribution is -2.56. The fraction of sp³-hybridized carbons (Fsp3) is 0.444. The number of nitrogens with one attached hydrogen (secondary N) is 1. The van der Waals surface area contributed by atoms with Gasteiger partial charge in [0.1, 0.15) is 11.8 Å². The summed E-state index contributed by atoms with van der Waals surface area (Å²) in [4.78, 5) is 30.3. The highest BCUT2D eigenvalue weighted by molar-refractivity contribution is 5.88. The van der Waals surface area contributed by atoms with E-state index in [-0.39, 0.29) is 18.2 Å². The van der Waals surface area contributed by atoms with Crippen LogP contribution >= 0.6 is 0 Å². The average Bonchev–Trinajstić information content (AvgIpc) is 3.15. The molecule has 1 saturated heterocycles. The van der Waals surface area contributed by atoms with Gasteiger partial charge in [-0.15, -0.1) is 0 Å². The molecule has 8 nitrogen and oxygen atoms in total. The first kappa shape index (κ1) is 17.9. The Hall–Kier alpha value is -2.90. The number of aromatic nitrogens is 2. The molecule has 2 aromatic rings. The van der Waals surface area contributed by atoms with E-state index in [0.29, 0.717) is 43.4 Å². The Bertz CT molecular complexity index is 789. The molecule has 0 bridgehead atoms. The van der Waals surface area contributed by atoms with Crippen LogP contribution in [0.4, 0.5) is 0 Å². The van der Waals surface area contributed by atoms with E-state index in [1.54, 1.807) is 12.0 Å².